The highest BCUT2D eigenvalue weighted by Gasteiger charge is 2.29. The maximum Gasteiger partial charge on any atom is 0.387 e. The van der Waals surface area contributed by atoms with E-state index in [1.165, 1.54) is 0 Å². The number of para-hydroxylation sites is 2. The number of rotatable bonds is 5. The van der Waals surface area contributed by atoms with Gasteiger partial charge in [0.2, 0.25) is 5.91 Å². The molecule has 1 amide bonds. The number of halogens is 3. The molecule has 3 rings (SSSR count). The van der Waals surface area contributed by atoms with Crippen molar-refractivity contribution < 1.29 is 18.3 Å². The first-order valence-corrected chi connectivity index (χ1v) is 8.43. The molecule has 0 aromatic heterocycles. The average Bonchev–Trinajstić information content (AvgIpc) is 3.04. The summed E-state index contributed by atoms with van der Waals surface area (Å²) in [5.41, 5.74) is 0.649. The van der Waals surface area contributed by atoms with Crippen LogP contribution < -0.4 is 20.3 Å². The van der Waals surface area contributed by atoms with Crippen molar-refractivity contribution in [1.29, 1.82) is 0 Å². The summed E-state index contributed by atoms with van der Waals surface area (Å²) >= 11 is 0. The summed E-state index contributed by atoms with van der Waals surface area (Å²) in [4.78, 5) is 14.3. The minimum absolute atomic E-state index is 0. The zero-order valence-corrected chi connectivity index (χ0v) is 14.7. The molecule has 0 saturated carbocycles. The van der Waals surface area contributed by atoms with Gasteiger partial charge in [-0.15, -0.1) is 12.4 Å². The van der Waals surface area contributed by atoms with Crippen molar-refractivity contribution in [3.05, 3.63) is 24.3 Å². The molecule has 2 fully saturated rings. The highest BCUT2D eigenvalue weighted by molar-refractivity contribution is 5.85. The number of amides is 1. The second kappa shape index (κ2) is 9.20. The number of piperidine rings is 1. The summed E-state index contributed by atoms with van der Waals surface area (Å²) in [6, 6.07) is 6.84. The Morgan fingerprint density at radius 2 is 1.96 bits per heavy atom. The van der Waals surface area contributed by atoms with Crippen LogP contribution in [0, 0.1) is 5.92 Å². The van der Waals surface area contributed by atoms with E-state index in [-0.39, 0.29) is 36.0 Å². The SMILES string of the molecule is Cl.O=C(NC1CCN(c2ccccc2OC(F)F)C1)C1CCNCC1. The van der Waals surface area contributed by atoms with Crippen LogP contribution in [0.15, 0.2) is 24.3 Å². The van der Waals surface area contributed by atoms with E-state index in [4.69, 9.17) is 0 Å². The van der Waals surface area contributed by atoms with Gasteiger partial charge in [-0.2, -0.15) is 8.78 Å². The fraction of sp³-hybridized carbons (Fsp3) is 0.588. The van der Waals surface area contributed by atoms with Crippen molar-refractivity contribution in [3.8, 4) is 5.75 Å². The molecule has 1 atom stereocenters. The Morgan fingerprint density at radius 3 is 2.68 bits per heavy atom. The lowest BCUT2D eigenvalue weighted by molar-refractivity contribution is -0.126. The van der Waals surface area contributed by atoms with Crippen LogP contribution in [0.4, 0.5) is 14.5 Å². The van der Waals surface area contributed by atoms with Gasteiger partial charge in [-0.25, -0.2) is 0 Å². The van der Waals surface area contributed by atoms with Gasteiger partial charge in [-0.1, -0.05) is 12.1 Å². The molecule has 0 spiro atoms. The Kier molecular flexibility index (Phi) is 7.25. The molecular formula is C17H24ClF2N3O2. The third kappa shape index (κ3) is 5.19. The normalized spacial score (nSPS) is 21.1. The molecule has 1 aromatic carbocycles. The van der Waals surface area contributed by atoms with Crippen molar-refractivity contribution in [3.63, 3.8) is 0 Å². The molecule has 0 aliphatic carbocycles. The van der Waals surface area contributed by atoms with Crippen LogP contribution in [0.5, 0.6) is 5.75 Å². The van der Waals surface area contributed by atoms with Crippen molar-refractivity contribution >= 4 is 24.0 Å². The monoisotopic (exact) mass is 375 g/mol. The minimum Gasteiger partial charge on any atom is -0.433 e. The Balaban J connectivity index is 0.00000225. The molecule has 2 saturated heterocycles. The summed E-state index contributed by atoms with van der Waals surface area (Å²) < 4.78 is 29.7. The molecule has 5 nitrogen and oxygen atoms in total. The van der Waals surface area contributed by atoms with Crippen molar-refractivity contribution in [2.75, 3.05) is 31.1 Å². The fourth-order valence-corrected chi connectivity index (χ4v) is 3.41. The molecule has 2 heterocycles. The lowest BCUT2D eigenvalue weighted by Gasteiger charge is -2.24. The Bertz CT molecular complexity index is 571. The quantitative estimate of drug-likeness (QED) is 0.829. The molecule has 8 heteroatoms. The maximum atomic E-state index is 12.5. The lowest BCUT2D eigenvalue weighted by Crippen LogP contribution is -2.43. The number of anilines is 1. The van der Waals surface area contributed by atoms with Gasteiger partial charge >= 0.3 is 6.61 Å². The molecule has 2 N–H and O–H groups in total. The number of alkyl halides is 2. The number of ether oxygens (including phenoxy) is 1. The molecule has 2 aliphatic rings. The summed E-state index contributed by atoms with van der Waals surface area (Å²) in [5, 5.41) is 6.36. The number of hydrogen-bond donors (Lipinski definition) is 2. The Morgan fingerprint density at radius 1 is 1.24 bits per heavy atom. The standard InChI is InChI=1S/C17H23F2N3O2.ClH/c18-17(19)24-15-4-2-1-3-14(15)22-10-7-13(11-22)21-16(23)12-5-8-20-9-6-12;/h1-4,12-13,17,20H,5-11H2,(H,21,23);1H. The van der Waals surface area contributed by atoms with E-state index < -0.39 is 6.61 Å². The third-order valence-corrected chi connectivity index (χ3v) is 4.67. The van der Waals surface area contributed by atoms with E-state index >= 15 is 0 Å². The van der Waals surface area contributed by atoms with Gasteiger partial charge in [0.1, 0.15) is 5.75 Å². The molecule has 25 heavy (non-hydrogen) atoms. The number of benzene rings is 1. The van der Waals surface area contributed by atoms with E-state index in [0.29, 0.717) is 18.8 Å². The summed E-state index contributed by atoms with van der Waals surface area (Å²) in [7, 11) is 0. The van der Waals surface area contributed by atoms with Gasteiger partial charge in [0, 0.05) is 25.0 Å². The molecule has 0 radical (unpaired) electrons. The fourth-order valence-electron chi connectivity index (χ4n) is 3.41. The molecule has 1 unspecified atom stereocenters. The molecule has 1 aromatic rings. The summed E-state index contributed by atoms with van der Waals surface area (Å²) in [6.07, 6.45) is 2.54. The van der Waals surface area contributed by atoms with Gasteiger partial charge < -0.3 is 20.3 Å². The zero-order chi connectivity index (χ0) is 16.9. The van der Waals surface area contributed by atoms with E-state index in [1.807, 2.05) is 4.90 Å². The molecular weight excluding hydrogens is 352 g/mol. The van der Waals surface area contributed by atoms with Crippen molar-refractivity contribution in [1.82, 2.24) is 10.6 Å². The second-order valence-corrected chi connectivity index (χ2v) is 6.31. The van der Waals surface area contributed by atoms with Gasteiger partial charge in [-0.05, 0) is 44.5 Å². The molecule has 140 valence electrons. The van der Waals surface area contributed by atoms with Crippen molar-refractivity contribution in [2.24, 2.45) is 5.92 Å². The lowest BCUT2D eigenvalue weighted by atomic mass is 9.97. The van der Waals surface area contributed by atoms with Gasteiger partial charge in [0.25, 0.3) is 0 Å². The van der Waals surface area contributed by atoms with Crippen LogP contribution in [-0.4, -0.2) is 44.7 Å². The van der Waals surface area contributed by atoms with Crippen LogP contribution in [0.25, 0.3) is 0 Å². The van der Waals surface area contributed by atoms with Crippen LogP contribution >= 0.6 is 12.4 Å². The van der Waals surface area contributed by atoms with E-state index in [1.54, 1.807) is 24.3 Å². The van der Waals surface area contributed by atoms with Crippen LogP contribution in [0.1, 0.15) is 19.3 Å². The van der Waals surface area contributed by atoms with E-state index in [9.17, 15) is 13.6 Å². The number of nitrogens with zero attached hydrogens (tertiary/aromatic N) is 1. The Hall–Kier alpha value is -1.60. The summed E-state index contributed by atoms with van der Waals surface area (Å²) in [5.74, 6) is 0.369. The van der Waals surface area contributed by atoms with E-state index in [0.717, 1.165) is 32.4 Å². The zero-order valence-electron chi connectivity index (χ0n) is 13.9. The number of carbonyl (C=O) groups excluding carboxylic acids is 1. The second-order valence-electron chi connectivity index (χ2n) is 6.31. The molecule has 2 aliphatic heterocycles. The first kappa shape index (κ1) is 19.7. The first-order chi connectivity index (χ1) is 11.6. The number of nitrogens with one attached hydrogen (secondary N) is 2. The third-order valence-electron chi connectivity index (χ3n) is 4.67. The molecule has 0 bridgehead atoms. The van der Waals surface area contributed by atoms with Crippen LogP contribution in [0.2, 0.25) is 0 Å². The number of carbonyl (C=O) groups is 1. The highest BCUT2D eigenvalue weighted by Crippen LogP contribution is 2.31. The smallest absolute Gasteiger partial charge is 0.387 e. The minimum atomic E-state index is -2.84. The predicted molar refractivity (Wildman–Crippen MR) is 94.7 cm³/mol. The Labute approximate surface area is 152 Å². The topological polar surface area (TPSA) is 53.6 Å². The van der Waals surface area contributed by atoms with Crippen molar-refractivity contribution in [2.45, 2.75) is 31.9 Å². The highest BCUT2D eigenvalue weighted by atomic mass is 35.5. The van der Waals surface area contributed by atoms with Gasteiger partial charge in [0.15, 0.2) is 0 Å². The average molecular weight is 376 g/mol. The number of hydrogen-bond acceptors (Lipinski definition) is 4. The summed E-state index contributed by atoms with van der Waals surface area (Å²) in [6.45, 7) is 0.241. The largest absolute Gasteiger partial charge is 0.433 e. The first-order valence-electron chi connectivity index (χ1n) is 8.43. The van der Waals surface area contributed by atoms with E-state index in [2.05, 4.69) is 15.4 Å². The van der Waals surface area contributed by atoms with Gasteiger partial charge in [-0.3, -0.25) is 4.79 Å². The van der Waals surface area contributed by atoms with Crippen LogP contribution in [0.3, 0.4) is 0 Å². The maximum absolute atomic E-state index is 12.5. The van der Waals surface area contributed by atoms with Crippen LogP contribution in [-0.2, 0) is 4.79 Å². The predicted octanol–water partition coefficient (Wildman–Crippen LogP) is 2.40. The van der Waals surface area contributed by atoms with Gasteiger partial charge in [0.05, 0.1) is 5.69 Å².